The van der Waals surface area contributed by atoms with Gasteiger partial charge in [0.25, 0.3) is 0 Å². The first-order valence-corrected chi connectivity index (χ1v) is 8.47. The van der Waals surface area contributed by atoms with Crippen LogP contribution in [0.3, 0.4) is 0 Å². The third-order valence-corrected chi connectivity index (χ3v) is 4.16. The lowest BCUT2D eigenvalue weighted by Gasteiger charge is -2.10. The van der Waals surface area contributed by atoms with Crippen LogP contribution in [-0.2, 0) is 25.6 Å². The Labute approximate surface area is 155 Å². The van der Waals surface area contributed by atoms with Crippen LogP contribution in [0.4, 0.5) is 24.9 Å². The van der Waals surface area contributed by atoms with Gasteiger partial charge in [0, 0.05) is 18.3 Å². The van der Waals surface area contributed by atoms with E-state index < -0.39 is 11.7 Å². The Morgan fingerprint density at radius 2 is 1.59 bits per heavy atom. The number of alkyl halides is 3. The molecule has 0 radical (unpaired) electrons. The molecule has 3 N–H and O–H groups in total. The molecule has 0 bridgehead atoms. The second kappa shape index (κ2) is 8.07. The summed E-state index contributed by atoms with van der Waals surface area (Å²) in [4.78, 5) is 8.47. The van der Waals surface area contributed by atoms with E-state index in [0.717, 1.165) is 30.5 Å². The lowest BCUT2D eigenvalue weighted by atomic mass is 10.1. The smallest absolute Gasteiger partial charge is 0.383 e. The van der Waals surface area contributed by atoms with Crippen molar-refractivity contribution in [3.05, 3.63) is 83.0 Å². The third kappa shape index (κ3) is 5.20. The molecule has 2 aromatic carbocycles. The fourth-order valence-electron chi connectivity index (χ4n) is 2.61. The summed E-state index contributed by atoms with van der Waals surface area (Å²) in [7, 11) is 0. The Bertz CT molecular complexity index is 878. The van der Waals surface area contributed by atoms with Gasteiger partial charge in [-0.1, -0.05) is 42.5 Å². The van der Waals surface area contributed by atoms with Gasteiger partial charge in [0.1, 0.15) is 5.82 Å². The lowest BCUT2D eigenvalue weighted by molar-refractivity contribution is -0.137. The summed E-state index contributed by atoms with van der Waals surface area (Å²) < 4.78 is 37.7. The second-order valence-electron chi connectivity index (χ2n) is 6.14. The van der Waals surface area contributed by atoms with E-state index in [9.17, 15) is 13.2 Å². The van der Waals surface area contributed by atoms with Crippen LogP contribution in [0.2, 0.25) is 0 Å². The second-order valence-corrected chi connectivity index (χ2v) is 6.14. The van der Waals surface area contributed by atoms with Crippen molar-refractivity contribution in [2.75, 3.05) is 11.1 Å². The molecule has 0 aliphatic carbocycles. The Hall–Kier alpha value is -3.09. The highest BCUT2D eigenvalue weighted by Gasteiger charge is 2.29. The van der Waals surface area contributed by atoms with Crippen molar-refractivity contribution in [1.29, 1.82) is 0 Å². The Morgan fingerprint density at radius 3 is 2.22 bits per heavy atom. The van der Waals surface area contributed by atoms with Crippen LogP contribution >= 0.6 is 0 Å². The number of rotatable bonds is 6. The maximum atomic E-state index is 12.6. The molecule has 0 saturated heterocycles. The average molecular weight is 372 g/mol. The van der Waals surface area contributed by atoms with Crippen molar-refractivity contribution in [1.82, 2.24) is 9.97 Å². The molecular weight excluding hydrogens is 353 g/mol. The monoisotopic (exact) mass is 372 g/mol. The van der Waals surface area contributed by atoms with E-state index in [0.29, 0.717) is 23.9 Å². The van der Waals surface area contributed by atoms with E-state index in [1.54, 1.807) is 6.20 Å². The van der Waals surface area contributed by atoms with Crippen LogP contribution < -0.4 is 11.1 Å². The number of anilines is 2. The summed E-state index contributed by atoms with van der Waals surface area (Å²) in [6, 6.07) is 15.0. The minimum absolute atomic E-state index is 0.306. The molecule has 0 aliphatic rings. The minimum Gasteiger partial charge on any atom is -0.383 e. The summed E-state index contributed by atoms with van der Waals surface area (Å²) >= 11 is 0. The van der Waals surface area contributed by atoms with Crippen molar-refractivity contribution in [3.8, 4) is 0 Å². The number of aryl methyl sites for hydroxylation is 2. The maximum Gasteiger partial charge on any atom is 0.416 e. The summed E-state index contributed by atoms with van der Waals surface area (Å²) in [5, 5.41) is 2.98. The van der Waals surface area contributed by atoms with E-state index in [2.05, 4.69) is 27.4 Å². The average Bonchev–Trinajstić information content (AvgIpc) is 2.66. The molecule has 0 atom stereocenters. The highest BCUT2D eigenvalue weighted by atomic mass is 19.4. The molecule has 0 spiro atoms. The van der Waals surface area contributed by atoms with Gasteiger partial charge in [0.2, 0.25) is 5.95 Å². The zero-order chi connectivity index (χ0) is 19.3. The van der Waals surface area contributed by atoms with Crippen molar-refractivity contribution in [2.45, 2.75) is 25.6 Å². The number of nitrogens with zero attached hydrogens (tertiary/aromatic N) is 2. The summed E-state index contributed by atoms with van der Waals surface area (Å²) in [6.45, 7) is 0.306. The SMILES string of the molecule is Nc1nc(NCc2ccc(C(F)(F)F)cc2)ncc1CCc1ccccc1. The summed E-state index contributed by atoms with van der Waals surface area (Å²) in [5.74, 6) is 0.742. The quantitative estimate of drug-likeness (QED) is 0.670. The van der Waals surface area contributed by atoms with Gasteiger partial charge in [0.05, 0.1) is 5.56 Å². The van der Waals surface area contributed by atoms with E-state index in [4.69, 9.17) is 5.73 Å². The van der Waals surface area contributed by atoms with Crippen molar-refractivity contribution in [2.24, 2.45) is 0 Å². The molecule has 3 aromatic rings. The number of nitrogen functional groups attached to an aromatic ring is 1. The molecule has 1 aromatic heterocycles. The fourth-order valence-corrected chi connectivity index (χ4v) is 2.61. The first kappa shape index (κ1) is 18.7. The van der Waals surface area contributed by atoms with Gasteiger partial charge in [-0.05, 0) is 36.1 Å². The standard InChI is InChI=1S/C20H19F3N4/c21-20(22,23)17-10-7-15(8-11-17)12-25-19-26-13-16(18(24)27-19)9-6-14-4-2-1-3-5-14/h1-5,7-8,10-11,13H,6,9,12H2,(H3,24,25,26,27). The number of nitrogens with one attached hydrogen (secondary N) is 1. The molecule has 4 nitrogen and oxygen atoms in total. The molecule has 0 aliphatic heterocycles. The molecule has 0 amide bonds. The van der Waals surface area contributed by atoms with Gasteiger partial charge in [-0.15, -0.1) is 0 Å². The predicted molar refractivity (Wildman–Crippen MR) is 99.1 cm³/mol. The number of hydrogen-bond acceptors (Lipinski definition) is 4. The van der Waals surface area contributed by atoms with Crippen LogP contribution in [0, 0.1) is 0 Å². The molecule has 7 heteroatoms. The van der Waals surface area contributed by atoms with Gasteiger partial charge in [-0.3, -0.25) is 0 Å². The van der Waals surface area contributed by atoms with Crippen LogP contribution in [0.15, 0.2) is 60.8 Å². The highest BCUT2D eigenvalue weighted by molar-refractivity contribution is 5.43. The van der Waals surface area contributed by atoms with Crippen LogP contribution in [-0.4, -0.2) is 9.97 Å². The van der Waals surface area contributed by atoms with Crippen LogP contribution in [0.25, 0.3) is 0 Å². The third-order valence-electron chi connectivity index (χ3n) is 4.16. The van der Waals surface area contributed by atoms with E-state index >= 15 is 0 Å². The number of hydrogen-bond donors (Lipinski definition) is 2. The van der Waals surface area contributed by atoms with Gasteiger partial charge in [-0.2, -0.15) is 18.2 Å². The predicted octanol–water partition coefficient (Wildman–Crippen LogP) is 4.47. The van der Waals surface area contributed by atoms with Gasteiger partial charge >= 0.3 is 6.18 Å². The van der Waals surface area contributed by atoms with Crippen molar-refractivity contribution >= 4 is 11.8 Å². The zero-order valence-electron chi connectivity index (χ0n) is 14.5. The number of aromatic nitrogens is 2. The van der Waals surface area contributed by atoms with Crippen LogP contribution in [0.5, 0.6) is 0 Å². The van der Waals surface area contributed by atoms with E-state index in [-0.39, 0.29) is 0 Å². The molecular formula is C20H19F3N4. The molecule has 0 saturated carbocycles. The molecule has 0 unspecified atom stereocenters. The molecule has 140 valence electrons. The van der Waals surface area contributed by atoms with E-state index in [1.807, 2.05) is 18.2 Å². The maximum absolute atomic E-state index is 12.6. The van der Waals surface area contributed by atoms with Gasteiger partial charge < -0.3 is 11.1 Å². The van der Waals surface area contributed by atoms with Crippen molar-refractivity contribution < 1.29 is 13.2 Å². The zero-order valence-corrected chi connectivity index (χ0v) is 14.5. The van der Waals surface area contributed by atoms with Crippen LogP contribution in [0.1, 0.15) is 22.3 Å². The molecule has 3 rings (SSSR count). The lowest BCUT2D eigenvalue weighted by Crippen LogP contribution is -2.08. The Balaban J connectivity index is 1.57. The fraction of sp³-hybridized carbons (Fsp3) is 0.200. The number of nitrogens with two attached hydrogens (primary N) is 1. The first-order valence-electron chi connectivity index (χ1n) is 8.47. The number of halogens is 3. The van der Waals surface area contributed by atoms with Gasteiger partial charge in [-0.25, -0.2) is 4.98 Å². The molecule has 27 heavy (non-hydrogen) atoms. The van der Waals surface area contributed by atoms with Crippen molar-refractivity contribution in [3.63, 3.8) is 0 Å². The van der Waals surface area contributed by atoms with E-state index in [1.165, 1.54) is 17.7 Å². The summed E-state index contributed by atoms with van der Waals surface area (Å²) in [5.41, 5.74) is 8.10. The Kier molecular flexibility index (Phi) is 5.59. The highest BCUT2D eigenvalue weighted by Crippen LogP contribution is 2.29. The molecule has 0 fully saturated rings. The normalized spacial score (nSPS) is 11.4. The topological polar surface area (TPSA) is 63.8 Å². The summed E-state index contributed by atoms with van der Waals surface area (Å²) in [6.07, 6.45) is -1.08. The largest absolute Gasteiger partial charge is 0.416 e. The Morgan fingerprint density at radius 1 is 0.889 bits per heavy atom. The minimum atomic E-state index is -4.33. The first-order chi connectivity index (χ1) is 12.9. The molecule has 1 heterocycles. The van der Waals surface area contributed by atoms with Gasteiger partial charge in [0.15, 0.2) is 0 Å². The number of benzene rings is 2.